The lowest BCUT2D eigenvalue weighted by molar-refractivity contribution is -0.152. The number of benzene rings is 2. The maximum Gasteiger partial charge on any atom is 0.450 e. The first-order chi connectivity index (χ1) is 14.2. The van der Waals surface area contributed by atoms with E-state index < -0.39 is 28.9 Å². The Bertz CT molecular complexity index is 1370. The molecule has 0 spiro atoms. The molecule has 2 heterocycles. The van der Waals surface area contributed by atoms with E-state index in [0.717, 1.165) is 12.3 Å². The number of hydrogen-bond acceptors (Lipinski definition) is 5. The molecule has 5 nitrogen and oxygen atoms in total. The van der Waals surface area contributed by atoms with Crippen LogP contribution in [0.5, 0.6) is 5.75 Å². The molecule has 8 heteroatoms. The molecule has 0 aliphatic carbocycles. The van der Waals surface area contributed by atoms with Crippen molar-refractivity contribution in [2.24, 2.45) is 0 Å². The molecule has 0 saturated carbocycles. The summed E-state index contributed by atoms with van der Waals surface area (Å²) in [5.41, 5.74) is -1.41. The van der Waals surface area contributed by atoms with Crippen LogP contribution in [0.4, 0.5) is 13.2 Å². The van der Waals surface area contributed by atoms with Gasteiger partial charge in [-0.2, -0.15) is 13.2 Å². The molecule has 0 aliphatic heterocycles. The lowest BCUT2D eigenvalue weighted by Crippen LogP contribution is -2.17. The number of esters is 1. The number of rotatable bonds is 2. The second-order valence-corrected chi connectivity index (χ2v) is 6.68. The monoisotopic (exact) mass is 413 g/mol. The van der Waals surface area contributed by atoms with E-state index >= 15 is 0 Å². The third kappa shape index (κ3) is 3.30. The molecule has 2 aromatic carbocycles. The number of nitrogens with zero attached hydrogens (tertiary/aromatic N) is 1. The number of pyridine rings is 1. The van der Waals surface area contributed by atoms with Gasteiger partial charge in [-0.05, 0) is 31.2 Å². The predicted octanol–water partition coefficient (Wildman–Crippen LogP) is 5.26. The molecule has 0 atom stereocenters. The van der Waals surface area contributed by atoms with E-state index in [2.05, 4.69) is 4.98 Å². The minimum Gasteiger partial charge on any atom is -0.450 e. The number of halogens is 3. The Balaban J connectivity index is 2.06. The SMILES string of the molecule is CC(=O)Oc1ccc2c(=O)c(-c3ccc4ccccc4n3)c(C(F)(F)F)oc2c1C. The molecule has 0 radical (unpaired) electrons. The lowest BCUT2D eigenvalue weighted by atomic mass is 10.0. The van der Waals surface area contributed by atoms with E-state index in [1.807, 2.05) is 0 Å². The molecule has 152 valence electrons. The normalized spacial score (nSPS) is 11.8. The number of para-hydroxylation sites is 1. The molecule has 30 heavy (non-hydrogen) atoms. The number of carbonyl (C=O) groups is 1. The summed E-state index contributed by atoms with van der Waals surface area (Å²) in [5.74, 6) is -2.08. The highest BCUT2D eigenvalue weighted by atomic mass is 19.4. The summed E-state index contributed by atoms with van der Waals surface area (Å²) >= 11 is 0. The van der Waals surface area contributed by atoms with Gasteiger partial charge >= 0.3 is 12.1 Å². The van der Waals surface area contributed by atoms with Crippen molar-refractivity contribution < 1.29 is 27.1 Å². The van der Waals surface area contributed by atoms with Crippen molar-refractivity contribution in [3.05, 3.63) is 70.1 Å². The van der Waals surface area contributed by atoms with Gasteiger partial charge in [-0.15, -0.1) is 0 Å². The van der Waals surface area contributed by atoms with Gasteiger partial charge in [0.2, 0.25) is 11.2 Å². The molecule has 0 N–H and O–H groups in total. The number of aryl methyl sites for hydroxylation is 1. The molecule has 0 aliphatic rings. The Kier molecular flexibility index (Phi) is 4.57. The van der Waals surface area contributed by atoms with Gasteiger partial charge in [0.25, 0.3) is 0 Å². The summed E-state index contributed by atoms with van der Waals surface area (Å²) < 4.78 is 51.7. The van der Waals surface area contributed by atoms with Crippen molar-refractivity contribution in [3.8, 4) is 17.0 Å². The van der Waals surface area contributed by atoms with Crippen LogP contribution in [0.1, 0.15) is 18.2 Å². The highest BCUT2D eigenvalue weighted by Gasteiger charge is 2.40. The molecular formula is C22H14F3NO4. The third-order valence-corrected chi connectivity index (χ3v) is 4.62. The van der Waals surface area contributed by atoms with Gasteiger partial charge in [-0.1, -0.05) is 24.3 Å². The van der Waals surface area contributed by atoms with Gasteiger partial charge in [-0.25, -0.2) is 4.98 Å². The lowest BCUT2D eigenvalue weighted by Gasteiger charge is -2.14. The summed E-state index contributed by atoms with van der Waals surface area (Å²) in [6, 6.07) is 12.5. The van der Waals surface area contributed by atoms with Crippen LogP contribution in [0, 0.1) is 6.92 Å². The molecule has 4 rings (SSSR count). The Labute approximate surface area is 167 Å². The number of fused-ring (bicyclic) bond motifs is 2. The fraction of sp³-hybridized carbons (Fsp3) is 0.136. The third-order valence-electron chi connectivity index (χ3n) is 4.62. The summed E-state index contributed by atoms with van der Waals surface area (Å²) in [4.78, 5) is 28.6. The van der Waals surface area contributed by atoms with Crippen LogP contribution in [-0.2, 0) is 11.0 Å². The van der Waals surface area contributed by atoms with E-state index in [1.54, 1.807) is 30.3 Å². The van der Waals surface area contributed by atoms with E-state index in [-0.39, 0.29) is 28.0 Å². The van der Waals surface area contributed by atoms with Crippen molar-refractivity contribution in [3.63, 3.8) is 0 Å². The van der Waals surface area contributed by atoms with Gasteiger partial charge < -0.3 is 9.15 Å². The quantitative estimate of drug-likeness (QED) is 0.331. The molecule has 2 aromatic heterocycles. The van der Waals surface area contributed by atoms with Crippen LogP contribution in [0.2, 0.25) is 0 Å². The zero-order valence-corrected chi connectivity index (χ0v) is 15.8. The van der Waals surface area contributed by atoms with Crippen molar-refractivity contribution in [2.45, 2.75) is 20.0 Å². The van der Waals surface area contributed by atoms with Gasteiger partial charge in [0, 0.05) is 17.9 Å². The first kappa shape index (κ1) is 19.6. The van der Waals surface area contributed by atoms with Gasteiger partial charge in [0.1, 0.15) is 11.3 Å². The zero-order valence-electron chi connectivity index (χ0n) is 15.8. The molecule has 0 saturated heterocycles. The number of hydrogen-bond donors (Lipinski definition) is 0. The predicted molar refractivity (Wildman–Crippen MR) is 104 cm³/mol. The highest BCUT2D eigenvalue weighted by molar-refractivity contribution is 5.88. The number of carbonyl (C=O) groups excluding carboxylic acids is 1. The number of alkyl halides is 3. The summed E-state index contributed by atoms with van der Waals surface area (Å²) in [6.45, 7) is 2.58. The first-order valence-corrected chi connectivity index (χ1v) is 8.89. The fourth-order valence-electron chi connectivity index (χ4n) is 3.28. The van der Waals surface area contributed by atoms with Crippen molar-refractivity contribution in [1.29, 1.82) is 0 Å². The van der Waals surface area contributed by atoms with E-state index in [1.165, 1.54) is 25.1 Å². The molecular weight excluding hydrogens is 399 g/mol. The molecule has 4 aromatic rings. The Hall–Kier alpha value is -3.68. The van der Waals surface area contributed by atoms with Crippen LogP contribution >= 0.6 is 0 Å². The molecule has 0 unspecified atom stereocenters. The number of ether oxygens (including phenoxy) is 1. The van der Waals surface area contributed by atoms with Gasteiger partial charge in [0.05, 0.1) is 22.2 Å². The Morgan fingerprint density at radius 3 is 2.50 bits per heavy atom. The maximum absolute atomic E-state index is 13.9. The van der Waals surface area contributed by atoms with Crippen LogP contribution in [0.3, 0.4) is 0 Å². The topological polar surface area (TPSA) is 69.4 Å². The van der Waals surface area contributed by atoms with Crippen molar-refractivity contribution >= 4 is 27.8 Å². The Morgan fingerprint density at radius 2 is 1.80 bits per heavy atom. The van der Waals surface area contributed by atoms with Crippen molar-refractivity contribution in [1.82, 2.24) is 4.98 Å². The average molecular weight is 413 g/mol. The molecule has 0 fully saturated rings. The van der Waals surface area contributed by atoms with Crippen LogP contribution in [-0.4, -0.2) is 11.0 Å². The first-order valence-electron chi connectivity index (χ1n) is 8.89. The molecule has 0 amide bonds. The van der Waals surface area contributed by atoms with Crippen LogP contribution in [0.25, 0.3) is 33.1 Å². The van der Waals surface area contributed by atoms with Crippen LogP contribution < -0.4 is 10.2 Å². The maximum atomic E-state index is 13.9. The van der Waals surface area contributed by atoms with Crippen molar-refractivity contribution in [2.75, 3.05) is 0 Å². The summed E-state index contributed by atoms with van der Waals surface area (Å²) in [6.07, 6.45) is -4.94. The fourth-order valence-corrected chi connectivity index (χ4v) is 3.28. The minimum atomic E-state index is -4.94. The van der Waals surface area contributed by atoms with Gasteiger partial charge in [-0.3, -0.25) is 9.59 Å². The molecule has 0 bridgehead atoms. The Morgan fingerprint density at radius 1 is 1.07 bits per heavy atom. The second kappa shape index (κ2) is 6.98. The smallest absolute Gasteiger partial charge is 0.450 e. The van der Waals surface area contributed by atoms with Gasteiger partial charge in [0.15, 0.2) is 0 Å². The standard InChI is InChI=1S/C22H14F3NO4/c1-11-17(29-12(2)27)10-8-14-19(28)18(21(22(23,24)25)30-20(11)14)16-9-7-13-5-3-4-6-15(13)26-16/h3-10H,1-2H3. The van der Waals surface area contributed by atoms with E-state index in [4.69, 9.17) is 9.15 Å². The highest BCUT2D eigenvalue weighted by Crippen LogP contribution is 2.38. The average Bonchev–Trinajstić information content (AvgIpc) is 2.69. The number of aromatic nitrogens is 1. The minimum absolute atomic E-state index is 0.0165. The summed E-state index contributed by atoms with van der Waals surface area (Å²) in [7, 11) is 0. The summed E-state index contributed by atoms with van der Waals surface area (Å²) in [5, 5.41) is 0.656. The van der Waals surface area contributed by atoms with Crippen LogP contribution in [0.15, 0.2) is 57.7 Å². The van der Waals surface area contributed by atoms with E-state index in [0.29, 0.717) is 5.52 Å². The zero-order chi connectivity index (χ0) is 21.6. The largest absolute Gasteiger partial charge is 0.450 e. The second-order valence-electron chi connectivity index (χ2n) is 6.68. The van der Waals surface area contributed by atoms with E-state index in [9.17, 15) is 22.8 Å².